The molecule has 14 heavy (non-hydrogen) atoms. The monoisotopic (exact) mass is 218 g/mol. The molecule has 0 heterocycles. The van der Waals surface area contributed by atoms with Crippen molar-refractivity contribution in [2.45, 2.75) is 57.4 Å². The van der Waals surface area contributed by atoms with Crippen molar-refractivity contribution >= 4 is 8.32 Å². The molecule has 0 aromatic carbocycles. The molecule has 2 atom stereocenters. The quantitative estimate of drug-likeness (QED) is 0.639. The fourth-order valence-electron chi connectivity index (χ4n) is 1.65. The third-order valence-electron chi connectivity index (χ3n) is 2.93. The third-order valence-corrected chi connectivity index (χ3v) is 6.69. The smallest absolute Gasteiger partial charge is 0.192 e. The van der Waals surface area contributed by atoms with Gasteiger partial charge in [-0.15, -0.1) is 0 Å². The van der Waals surface area contributed by atoms with Crippen LogP contribution in [0, 0.1) is 0 Å². The van der Waals surface area contributed by atoms with E-state index in [9.17, 15) is 0 Å². The highest BCUT2D eigenvalue weighted by Gasteiger charge is 2.31. The first-order valence-electron chi connectivity index (χ1n) is 5.53. The molecular formula is C10H26N2OSi. The van der Waals surface area contributed by atoms with Gasteiger partial charge in [-0.05, 0) is 31.5 Å². The molecule has 0 aromatic rings. The second-order valence-electron chi connectivity index (χ2n) is 4.40. The van der Waals surface area contributed by atoms with Gasteiger partial charge in [-0.3, -0.25) is 0 Å². The lowest BCUT2D eigenvalue weighted by Gasteiger charge is -2.30. The van der Waals surface area contributed by atoms with Crippen molar-refractivity contribution in [3.8, 4) is 0 Å². The number of hydrogen-bond acceptors (Lipinski definition) is 3. The van der Waals surface area contributed by atoms with Gasteiger partial charge >= 0.3 is 0 Å². The summed E-state index contributed by atoms with van der Waals surface area (Å²) in [5, 5.41) is 0. The van der Waals surface area contributed by atoms with Crippen molar-refractivity contribution in [1.29, 1.82) is 0 Å². The van der Waals surface area contributed by atoms with Crippen LogP contribution < -0.4 is 11.5 Å². The van der Waals surface area contributed by atoms with Gasteiger partial charge in [0.05, 0.1) is 0 Å². The molecule has 0 fully saturated rings. The number of rotatable bonds is 7. The third kappa shape index (κ3) is 5.10. The molecule has 0 aromatic heterocycles. The molecule has 86 valence electrons. The van der Waals surface area contributed by atoms with Crippen LogP contribution >= 0.6 is 0 Å². The Morgan fingerprint density at radius 1 is 1.07 bits per heavy atom. The van der Waals surface area contributed by atoms with Crippen LogP contribution in [0.15, 0.2) is 0 Å². The van der Waals surface area contributed by atoms with Crippen molar-refractivity contribution in [2.24, 2.45) is 11.5 Å². The minimum atomic E-state index is -1.64. The second kappa shape index (κ2) is 6.56. The van der Waals surface area contributed by atoms with E-state index in [1.807, 2.05) is 0 Å². The lowest BCUT2D eigenvalue weighted by Crippen LogP contribution is -2.44. The molecule has 2 unspecified atom stereocenters. The molecular weight excluding hydrogens is 192 g/mol. The van der Waals surface area contributed by atoms with Crippen molar-refractivity contribution in [2.75, 3.05) is 7.11 Å². The van der Waals surface area contributed by atoms with Crippen LogP contribution in [-0.2, 0) is 4.43 Å². The molecule has 0 bridgehead atoms. The summed E-state index contributed by atoms with van der Waals surface area (Å²) in [6.07, 6.45) is 2.04. The number of nitrogens with two attached hydrogens (primary N) is 2. The average molecular weight is 218 g/mol. The first-order chi connectivity index (χ1) is 6.47. The summed E-state index contributed by atoms with van der Waals surface area (Å²) in [6.45, 7) is 6.47. The van der Waals surface area contributed by atoms with Gasteiger partial charge in [0, 0.05) is 19.2 Å². The minimum Gasteiger partial charge on any atom is -0.420 e. The van der Waals surface area contributed by atoms with Gasteiger partial charge in [-0.25, -0.2) is 0 Å². The Bertz CT molecular complexity index is 143. The molecule has 0 saturated heterocycles. The van der Waals surface area contributed by atoms with Crippen molar-refractivity contribution in [1.82, 2.24) is 0 Å². The second-order valence-corrected chi connectivity index (χ2v) is 8.52. The minimum absolute atomic E-state index is 0.274. The standard InChI is InChI=1S/C10H26N2OSi/c1-5-9(11)7-14(4,13-3)8-10(12)6-2/h9-10H,5-8,11-12H2,1-4H3. The van der Waals surface area contributed by atoms with E-state index in [1.165, 1.54) is 0 Å². The first kappa shape index (κ1) is 14.1. The molecule has 4 heteroatoms. The Morgan fingerprint density at radius 3 is 1.64 bits per heavy atom. The summed E-state index contributed by atoms with van der Waals surface area (Å²) in [7, 11) is 0.161. The van der Waals surface area contributed by atoms with Gasteiger partial charge in [-0.1, -0.05) is 13.8 Å². The molecule has 0 radical (unpaired) electrons. The van der Waals surface area contributed by atoms with Crippen molar-refractivity contribution in [3.63, 3.8) is 0 Å². The predicted molar refractivity (Wildman–Crippen MR) is 64.8 cm³/mol. The molecule has 0 saturated carbocycles. The normalized spacial score (nSPS) is 20.1. The molecule has 0 rings (SSSR count). The molecule has 0 aliphatic carbocycles. The highest BCUT2D eigenvalue weighted by atomic mass is 28.4. The summed E-state index contributed by atoms with van der Waals surface area (Å²) in [5.74, 6) is 0. The molecule has 4 N–H and O–H groups in total. The van der Waals surface area contributed by atoms with Crippen LogP contribution in [0.1, 0.15) is 26.7 Å². The van der Waals surface area contributed by atoms with Crippen molar-refractivity contribution < 1.29 is 4.43 Å². The van der Waals surface area contributed by atoms with E-state index in [-0.39, 0.29) is 12.1 Å². The summed E-state index contributed by atoms with van der Waals surface area (Å²) in [6, 6.07) is 2.59. The van der Waals surface area contributed by atoms with Crippen LogP contribution in [0.2, 0.25) is 18.6 Å². The van der Waals surface area contributed by atoms with Gasteiger partial charge in [0.15, 0.2) is 8.32 Å². The molecule has 0 aliphatic heterocycles. The number of hydrogen-bond donors (Lipinski definition) is 2. The van der Waals surface area contributed by atoms with Gasteiger partial charge in [0.2, 0.25) is 0 Å². The fraction of sp³-hybridized carbons (Fsp3) is 1.00. The summed E-state index contributed by atoms with van der Waals surface area (Å²) in [5.41, 5.74) is 11.9. The van der Waals surface area contributed by atoms with Gasteiger partial charge < -0.3 is 15.9 Å². The lowest BCUT2D eigenvalue weighted by molar-refractivity contribution is 0.385. The SMILES string of the molecule is CCC(N)C[Si](C)(CC(N)CC)OC. The van der Waals surface area contributed by atoms with E-state index in [0.29, 0.717) is 0 Å². The predicted octanol–water partition coefficient (Wildman–Crippen LogP) is 1.68. The zero-order chi connectivity index (χ0) is 11.2. The van der Waals surface area contributed by atoms with Crippen LogP contribution in [0.5, 0.6) is 0 Å². The molecule has 0 aliphatic rings. The maximum absolute atomic E-state index is 5.97. The summed E-state index contributed by atoms with van der Waals surface area (Å²) >= 11 is 0. The summed E-state index contributed by atoms with van der Waals surface area (Å²) < 4.78 is 5.66. The molecule has 0 amide bonds. The van der Waals surface area contributed by atoms with E-state index in [4.69, 9.17) is 15.9 Å². The van der Waals surface area contributed by atoms with Gasteiger partial charge in [-0.2, -0.15) is 0 Å². The largest absolute Gasteiger partial charge is 0.420 e. The maximum atomic E-state index is 5.97. The van der Waals surface area contributed by atoms with E-state index in [1.54, 1.807) is 7.11 Å². The van der Waals surface area contributed by atoms with E-state index in [0.717, 1.165) is 24.9 Å². The maximum Gasteiger partial charge on any atom is 0.192 e. The highest BCUT2D eigenvalue weighted by Crippen LogP contribution is 2.21. The van der Waals surface area contributed by atoms with Gasteiger partial charge in [0.1, 0.15) is 0 Å². The Hall–Kier alpha value is 0.0969. The summed E-state index contributed by atoms with van der Waals surface area (Å²) in [4.78, 5) is 0. The lowest BCUT2D eigenvalue weighted by atomic mass is 10.3. The topological polar surface area (TPSA) is 61.3 Å². The van der Waals surface area contributed by atoms with Crippen molar-refractivity contribution in [3.05, 3.63) is 0 Å². The Labute approximate surface area is 89.3 Å². The molecule has 3 nitrogen and oxygen atoms in total. The first-order valence-corrected chi connectivity index (χ1v) is 8.36. The van der Waals surface area contributed by atoms with Crippen LogP contribution in [0.3, 0.4) is 0 Å². The van der Waals surface area contributed by atoms with E-state index >= 15 is 0 Å². The fourth-order valence-corrected chi connectivity index (χ4v) is 4.94. The Kier molecular flexibility index (Phi) is 6.60. The van der Waals surface area contributed by atoms with Crippen LogP contribution in [0.4, 0.5) is 0 Å². The average Bonchev–Trinajstić information content (AvgIpc) is 2.17. The van der Waals surface area contributed by atoms with E-state index < -0.39 is 8.32 Å². The van der Waals surface area contributed by atoms with Crippen LogP contribution in [0.25, 0.3) is 0 Å². The highest BCUT2D eigenvalue weighted by molar-refractivity contribution is 6.72. The molecule has 0 spiro atoms. The van der Waals surface area contributed by atoms with Crippen LogP contribution in [-0.4, -0.2) is 27.5 Å². The van der Waals surface area contributed by atoms with E-state index in [2.05, 4.69) is 20.4 Å². The zero-order valence-electron chi connectivity index (χ0n) is 10.0. The Morgan fingerprint density at radius 2 is 1.43 bits per heavy atom. The zero-order valence-corrected chi connectivity index (χ0v) is 11.0. The van der Waals surface area contributed by atoms with Gasteiger partial charge in [0.25, 0.3) is 0 Å². The Balaban J connectivity index is 4.16.